The average Bonchev–Trinajstić information content (AvgIpc) is 2.16. The molecule has 0 heterocycles. The Labute approximate surface area is 81.8 Å². The molecule has 0 spiro atoms. The van der Waals surface area contributed by atoms with E-state index in [1.165, 1.54) is 19.2 Å². The summed E-state index contributed by atoms with van der Waals surface area (Å²) in [5.41, 5.74) is 0.545. The summed E-state index contributed by atoms with van der Waals surface area (Å²) in [6.45, 7) is 1.64. The molecule has 0 radical (unpaired) electrons. The topological polar surface area (TPSA) is 49.7 Å². The number of halogens is 1. The minimum Gasteiger partial charge on any atom is -0.504 e. The van der Waals surface area contributed by atoms with E-state index in [-0.39, 0.29) is 24.0 Å². The molecular formula is C10H13FO3. The van der Waals surface area contributed by atoms with Gasteiger partial charge in [0.15, 0.2) is 17.3 Å². The Kier molecular flexibility index (Phi) is 3.30. The van der Waals surface area contributed by atoms with Gasteiger partial charge < -0.3 is 14.9 Å². The van der Waals surface area contributed by atoms with Gasteiger partial charge in [-0.2, -0.15) is 0 Å². The molecule has 3 nitrogen and oxygen atoms in total. The maximum absolute atomic E-state index is 13.2. The van der Waals surface area contributed by atoms with Crippen LogP contribution in [0.1, 0.15) is 18.4 Å². The highest BCUT2D eigenvalue weighted by atomic mass is 19.1. The van der Waals surface area contributed by atoms with E-state index >= 15 is 0 Å². The van der Waals surface area contributed by atoms with Crippen LogP contribution < -0.4 is 4.74 Å². The van der Waals surface area contributed by atoms with E-state index in [9.17, 15) is 9.50 Å². The van der Waals surface area contributed by atoms with Crippen molar-refractivity contribution in [3.05, 3.63) is 23.5 Å². The summed E-state index contributed by atoms with van der Waals surface area (Å²) in [6, 6.07) is 2.64. The SMILES string of the molecule is COc1c(O)cc(C(C)CO)cc1F. The Hall–Kier alpha value is -1.29. The van der Waals surface area contributed by atoms with Crippen LogP contribution in [0, 0.1) is 5.82 Å². The zero-order valence-electron chi connectivity index (χ0n) is 8.12. The molecule has 1 atom stereocenters. The number of benzene rings is 1. The molecule has 0 saturated heterocycles. The predicted molar refractivity (Wildman–Crippen MR) is 50.1 cm³/mol. The number of phenols is 1. The number of hydrogen-bond donors (Lipinski definition) is 2. The molecule has 14 heavy (non-hydrogen) atoms. The van der Waals surface area contributed by atoms with Gasteiger partial charge in [0.25, 0.3) is 0 Å². The lowest BCUT2D eigenvalue weighted by atomic mass is 10.0. The van der Waals surface area contributed by atoms with Gasteiger partial charge in [-0.15, -0.1) is 0 Å². The molecule has 0 aromatic heterocycles. The third-order valence-electron chi connectivity index (χ3n) is 2.09. The van der Waals surface area contributed by atoms with Gasteiger partial charge in [0.1, 0.15) is 0 Å². The zero-order chi connectivity index (χ0) is 10.7. The van der Waals surface area contributed by atoms with Crippen molar-refractivity contribution in [3.8, 4) is 11.5 Å². The summed E-state index contributed by atoms with van der Waals surface area (Å²) in [6.07, 6.45) is 0. The van der Waals surface area contributed by atoms with Gasteiger partial charge in [0.2, 0.25) is 0 Å². The third kappa shape index (κ3) is 1.96. The molecule has 0 amide bonds. The highest BCUT2D eigenvalue weighted by molar-refractivity contribution is 5.44. The van der Waals surface area contributed by atoms with Crippen LogP contribution in [0.25, 0.3) is 0 Å². The monoisotopic (exact) mass is 200 g/mol. The predicted octanol–water partition coefficient (Wildman–Crippen LogP) is 1.64. The smallest absolute Gasteiger partial charge is 0.196 e. The minimum atomic E-state index is -0.622. The standard InChI is InChI=1S/C10H13FO3/c1-6(5-12)7-3-8(11)10(14-2)9(13)4-7/h3-4,6,12-13H,5H2,1-2H3. The Morgan fingerprint density at radius 2 is 2.14 bits per heavy atom. The number of methoxy groups -OCH3 is 1. The van der Waals surface area contributed by atoms with Gasteiger partial charge in [-0.05, 0) is 17.7 Å². The van der Waals surface area contributed by atoms with Crippen LogP contribution in [0.5, 0.6) is 11.5 Å². The molecule has 78 valence electrons. The number of hydrogen-bond acceptors (Lipinski definition) is 3. The highest BCUT2D eigenvalue weighted by Gasteiger charge is 2.13. The maximum Gasteiger partial charge on any atom is 0.196 e. The zero-order valence-corrected chi connectivity index (χ0v) is 8.12. The molecule has 0 saturated carbocycles. The lowest BCUT2D eigenvalue weighted by molar-refractivity contribution is 0.272. The Balaban J connectivity index is 3.13. The van der Waals surface area contributed by atoms with Crippen molar-refractivity contribution in [3.63, 3.8) is 0 Å². The second-order valence-corrected chi connectivity index (χ2v) is 3.14. The molecule has 4 heteroatoms. The van der Waals surface area contributed by atoms with Crippen LogP contribution in [0.4, 0.5) is 4.39 Å². The van der Waals surface area contributed by atoms with Crippen LogP contribution >= 0.6 is 0 Å². The van der Waals surface area contributed by atoms with Gasteiger partial charge in [-0.1, -0.05) is 6.92 Å². The summed E-state index contributed by atoms with van der Waals surface area (Å²) in [4.78, 5) is 0. The van der Waals surface area contributed by atoms with Crippen molar-refractivity contribution in [2.75, 3.05) is 13.7 Å². The first-order valence-corrected chi connectivity index (χ1v) is 4.27. The molecular weight excluding hydrogens is 187 g/mol. The molecule has 1 aromatic rings. The lowest BCUT2D eigenvalue weighted by Gasteiger charge is -2.11. The van der Waals surface area contributed by atoms with Gasteiger partial charge in [0.05, 0.1) is 7.11 Å². The first kappa shape index (κ1) is 10.8. The molecule has 0 bridgehead atoms. The van der Waals surface area contributed by atoms with Crippen LogP contribution in [0.2, 0.25) is 0 Å². The largest absolute Gasteiger partial charge is 0.504 e. The second-order valence-electron chi connectivity index (χ2n) is 3.14. The van der Waals surface area contributed by atoms with Crippen molar-refractivity contribution in [2.45, 2.75) is 12.8 Å². The van der Waals surface area contributed by atoms with Crippen LogP contribution in [-0.4, -0.2) is 23.9 Å². The van der Waals surface area contributed by atoms with E-state index in [2.05, 4.69) is 4.74 Å². The van der Waals surface area contributed by atoms with E-state index < -0.39 is 5.82 Å². The van der Waals surface area contributed by atoms with Crippen LogP contribution in [0.15, 0.2) is 12.1 Å². The van der Waals surface area contributed by atoms with Gasteiger partial charge in [-0.3, -0.25) is 0 Å². The molecule has 1 unspecified atom stereocenters. The van der Waals surface area contributed by atoms with Gasteiger partial charge >= 0.3 is 0 Å². The first-order valence-electron chi connectivity index (χ1n) is 4.27. The van der Waals surface area contributed by atoms with Crippen molar-refractivity contribution in [2.24, 2.45) is 0 Å². The van der Waals surface area contributed by atoms with Crippen LogP contribution in [-0.2, 0) is 0 Å². The molecule has 0 fully saturated rings. The summed E-state index contributed by atoms with van der Waals surface area (Å²) >= 11 is 0. The van der Waals surface area contributed by atoms with E-state index in [1.54, 1.807) is 6.92 Å². The highest BCUT2D eigenvalue weighted by Crippen LogP contribution is 2.32. The number of ether oxygens (including phenoxy) is 1. The number of aromatic hydroxyl groups is 1. The molecule has 0 aliphatic carbocycles. The van der Waals surface area contributed by atoms with E-state index in [4.69, 9.17) is 5.11 Å². The fourth-order valence-corrected chi connectivity index (χ4v) is 1.19. The summed E-state index contributed by atoms with van der Waals surface area (Å²) in [5.74, 6) is -1.24. The van der Waals surface area contributed by atoms with Crippen molar-refractivity contribution < 1.29 is 19.3 Å². The van der Waals surface area contributed by atoms with E-state index in [0.717, 1.165) is 0 Å². The van der Waals surface area contributed by atoms with E-state index in [1.807, 2.05) is 0 Å². The van der Waals surface area contributed by atoms with Gasteiger partial charge in [0, 0.05) is 12.5 Å². The van der Waals surface area contributed by atoms with E-state index in [0.29, 0.717) is 5.56 Å². The van der Waals surface area contributed by atoms with Crippen molar-refractivity contribution in [1.29, 1.82) is 0 Å². The van der Waals surface area contributed by atoms with Crippen molar-refractivity contribution >= 4 is 0 Å². The summed E-state index contributed by atoms with van der Waals surface area (Å²) in [5, 5.41) is 18.2. The van der Waals surface area contributed by atoms with Crippen molar-refractivity contribution in [1.82, 2.24) is 0 Å². The minimum absolute atomic E-state index is 0.0921. The Bertz CT molecular complexity index is 302. The van der Waals surface area contributed by atoms with Gasteiger partial charge in [-0.25, -0.2) is 4.39 Å². The Morgan fingerprint density at radius 3 is 2.57 bits per heavy atom. The summed E-state index contributed by atoms with van der Waals surface area (Å²) < 4.78 is 17.9. The number of phenolic OH excluding ortho intramolecular Hbond substituents is 1. The molecule has 0 aliphatic rings. The first-order chi connectivity index (χ1) is 6.60. The Morgan fingerprint density at radius 1 is 1.50 bits per heavy atom. The second kappa shape index (κ2) is 4.28. The lowest BCUT2D eigenvalue weighted by Crippen LogP contribution is -2.00. The van der Waals surface area contributed by atoms with Crippen LogP contribution in [0.3, 0.4) is 0 Å². The summed E-state index contributed by atoms with van der Waals surface area (Å²) in [7, 11) is 1.28. The molecule has 1 rings (SSSR count). The maximum atomic E-state index is 13.2. The quantitative estimate of drug-likeness (QED) is 0.779. The number of rotatable bonds is 3. The molecule has 2 N–H and O–H groups in total. The third-order valence-corrected chi connectivity index (χ3v) is 2.09. The number of aliphatic hydroxyl groups is 1. The number of aliphatic hydroxyl groups excluding tert-OH is 1. The average molecular weight is 200 g/mol. The fourth-order valence-electron chi connectivity index (χ4n) is 1.19. The molecule has 1 aromatic carbocycles. The fraction of sp³-hybridized carbons (Fsp3) is 0.400. The molecule has 0 aliphatic heterocycles. The normalized spacial score (nSPS) is 12.6.